The zero-order valence-corrected chi connectivity index (χ0v) is 8.76. The van der Waals surface area contributed by atoms with Crippen molar-refractivity contribution in [1.29, 1.82) is 0 Å². The summed E-state index contributed by atoms with van der Waals surface area (Å²) in [6, 6.07) is 6.68. The van der Waals surface area contributed by atoms with E-state index in [9.17, 15) is 10.1 Å². The maximum Gasteiger partial charge on any atom is 0.269 e. The molecule has 84 valence electrons. The summed E-state index contributed by atoms with van der Waals surface area (Å²) in [6.45, 7) is 2.68. The number of hydrogen-bond donors (Lipinski definition) is 0. The lowest BCUT2D eigenvalue weighted by Gasteiger charge is -2.56. The largest absolute Gasteiger partial charge is 0.371 e. The standard InChI is InChI=1S/C11H12N2O3/c14-13(15)10-3-1-9(2-4-10)12-7-11(8-12)5-6-16-11/h1-4H,5-8H2. The van der Waals surface area contributed by atoms with Crippen LogP contribution in [0.4, 0.5) is 11.4 Å². The van der Waals surface area contributed by atoms with E-state index >= 15 is 0 Å². The number of hydrogen-bond acceptors (Lipinski definition) is 4. The molecule has 5 nitrogen and oxygen atoms in total. The molecule has 2 aliphatic heterocycles. The highest BCUT2D eigenvalue weighted by atomic mass is 16.6. The van der Waals surface area contributed by atoms with Gasteiger partial charge in [0.15, 0.2) is 0 Å². The van der Waals surface area contributed by atoms with Gasteiger partial charge >= 0.3 is 0 Å². The van der Waals surface area contributed by atoms with Crippen LogP contribution in [0, 0.1) is 10.1 Å². The summed E-state index contributed by atoms with van der Waals surface area (Å²) >= 11 is 0. The Morgan fingerprint density at radius 3 is 2.38 bits per heavy atom. The van der Waals surface area contributed by atoms with E-state index in [2.05, 4.69) is 4.90 Å². The van der Waals surface area contributed by atoms with Crippen LogP contribution in [0.2, 0.25) is 0 Å². The van der Waals surface area contributed by atoms with Crippen molar-refractivity contribution in [2.24, 2.45) is 0 Å². The number of nitrogens with zero attached hydrogens (tertiary/aromatic N) is 2. The number of benzene rings is 1. The van der Waals surface area contributed by atoms with E-state index in [4.69, 9.17) is 4.74 Å². The minimum absolute atomic E-state index is 0.0990. The van der Waals surface area contributed by atoms with Gasteiger partial charge in [-0.25, -0.2) is 0 Å². The molecule has 2 heterocycles. The molecule has 2 fully saturated rings. The number of anilines is 1. The first-order valence-corrected chi connectivity index (χ1v) is 5.32. The molecule has 0 radical (unpaired) electrons. The Morgan fingerprint density at radius 2 is 1.94 bits per heavy atom. The summed E-state index contributed by atoms with van der Waals surface area (Å²) in [5.74, 6) is 0. The summed E-state index contributed by atoms with van der Waals surface area (Å²) < 4.78 is 5.52. The minimum atomic E-state index is -0.379. The first-order chi connectivity index (χ1) is 7.69. The molecule has 2 aliphatic rings. The molecule has 0 aliphatic carbocycles. The SMILES string of the molecule is O=[N+]([O-])c1ccc(N2CC3(CCO3)C2)cc1. The van der Waals surface area contributed by atoms with Gasteiger partial charge in [-0.05, 0) is 12.1 Å². The summed E-state index contributed by atoms with van der Waals surface area (Å²) in [4.78, 5) is 12.3. The third-order valence-corrected chi connectivity index (χ3v) is 3.35. The predicted octanol–water partition coefficient (Wildman–Crippen LogP) is 1.57. The van der Waals surface area contributed by atoms with Crippen LogP contribution in [0.1, 0.15) is 6.42 Å². The summed E-state index contributed by atoms with van der Waals surface area (Å²) in [7, 11) is 0. The summed E-state index contributed by atoms with van der Waals surface area (Å²) in [5, 5.41) is 10.5. The fourth-order valence-electron chi connectivity index (χ4n) is 2.26. The quantitative estimate of drug-likeness (QED) is 0.560. The molecule has 5 heteroatoms. The van der Waals surface area contributed by atoms with Gasteiger partial charge in [0.25, 0.3) is 5.69 Å². The molecule has 2 saturated heterocycles. The van der Waals surface area contributed by atoms with Crippen LogP contribution in [0.5, 0.6) is 0 Å². The van der Waals surface area contributed by atoms with Crippen molar-refractivity contribution >= 4 is 11.4 Å². The van der Waals surface area contributed by atoms with Gasteiger partial charge < -0.3 is 9.64 Å². The highest BCUT2D eigenvalue weighted by Crippen LogP contribution is 2.38. The van der Waals surface area contributed by atoms with Crippen LogP contribution in [0.15, 0.2) is 24.3 Å². The Labute approximate surface area is 92.8 Å². The van der Waals surface area contributed by atoms with Gasteiger partial charge in [0.2, 0.25) is 0 Å². The molecule has 1 aromatic rings. The molecule has 3 rings (SSSR count). The molecule has 0 unspecified atom stereocenters. The molecule has 0 N–H and O–H groups in total. The lowest BCUT2D eigenvalue weighted by Crippen LogP contribution is -2.68. The van der Waals surface area contributed by atoms with Crippen LogP contribution in [0.25, 0.3) is 0 Å². The van der Waals surface area contributed by atoms with Gasteiger partial charge in [-0.1, -0.05) is 0 Å². The van der Waals surface area contributed by atoms with E-state index < -0.39 is 0 Å². The summed E-state index contributed by atoms with van der Waals surface area (Å²) in [6.07, 6.45) is 1.14. The molecule has 0 bridgehead atoms. The van der Waals surface area contributed by atoms with E-state index in [0.717, 1.165) is 31.8 Å². The average molecular weight is 220 g/mol. The number of nitro benzene ring substituents is 1. The maximum atomic E-state index is 10.5. The first-order valence-electron chi connectivity index (χ1n) is 5.32. The number of non-ortho nitro benzene ring substituents is 1. The van der Waals surface area contributed by atoms with Crippen molar-refractivity contribution in [3.8, 4) is 0 Å². The van der Waals surface area contributed by atoms with Gasteiger partial charge in [0, 0.05) is 37.3 Å². The second-order valence-electron chi connectivity index (χ2n) is 4.41. The Hall–Kier alpha value is -1.62. The van der Waals surface area contributed by atoms with Crippen LogP contribution in [0.3, 0.4) is 0 Å². The molecule has 1 aromatic carbocycles. The Morgan fingerprint density at radius 1 is 1.31 bits per heavy atom. The van der Waals surface area contributed by atoms with Gasteiger partial charge in [0.05, 0.1) is 11.5 Å². The van der Waals surface area contributed by atoms with Crippen LogP contribution >= 0.6 is 0 Å². The van der Waals surface area contributed by atoms with Crippen molar-refractivity contribution in [3.05, 3.63) is 34.4 Å². The topological polar surface area (TPSA) is 55.6 Å². The van der Waals surface area contributed by atoms with E-state index in [1.165, 1.54) is 0 Å². The Balaban J connectivity index is 1.69. The molecule has 1 spiro atoms. The van der Waals surface area contributed by atoms with Crippen molar-refractivity contribution in [1.82, 2.24) is 0 Å². The normalized spacial score (nSPS) is 21.4. The second-order valence-corrected chi connectivity index (χ2v) is 4.41. The summed E-state index contributed by atoms with van der Waals surface area (Å²) in [5.41, 5.74) is 1.27. The van der Waals surface area contributed by atoms with E-state index in [1.807, 2.05) is 0 Å². The predicted molar refractivity (Wildman–Crippen MR) is 58.6 cm³/mol. The second kappa shape index (κ2) is 3.18. The van der Waals surface area contributed by atoms with Gasteiger partial charge in [0.1, 0.15) is 5.60 Å². The van der Waals surface area contributed by atoms with Gasteiger partial charge in [-0.3, -0.25) is 10.1 Å². The Kier molecular flexibility index (Phi) is 1.91. The molecular formula is C11H12N2O3. The lowest BCUT2D eigenvalue weighted by atomic mass is 9.86. The molecular weight excluding hydrogens is 208 g/mol. The van der Waals surface area contributed by atoms with Crippen molar-refractivity contribution in [2.75, 3.05) is 24.6 Å². The first kappa shape index (κ1) is 9.59. The van der Waals surface area contributed by atoms with Gasteiger partial charge in [-0.15, -0.1) is 0 Å². The van der Waals surface area contributed by atoms with Crippen molar-refractivity contribution in [3.63, 3.8) is 0 Å². The monoisotopic (exact) mass is 220 g/mol. The van der Waals surface area contributed by atoms with Crippen molar-refractivity contribution < 1.29 is 9.66 Å². The van der Waals surface area contributed by atoms with E-state index in [1.54, 1.807) is 24.3 Å². The zero-order chi connectivity index (χ0) is 11.2. The zero-order valence-electron chi connectivity index (χ0n) is 8.76. The molecule has 0 atom stereocenters. The highest BCUT2D eigenvalue weighted by molar-refractivity contribution is 5.54. The minimum Gasteiger partial charge on any atom is -0.371 e. The van der Waals surface area contributed by atoms with Crippen LogP contribution in [-0.2, 0) is 4.74 Å². The number of nitro groups is 1. The molecule has 16 heavy (non-hydrogen) atoms. The van der Waals surface area contributed by atoms with E-state index in [0.29, 0.717) is 0 Å². The highest BCUT2D eigenvalue weighted by Gasteiger charge is 2.49. The molecule has 0 amide bonds. The number of ether oxygens (including phenoxy) is 1. The smallest absolute Gasteiger partial charge is 0.269 e. The third kappa shape index (κ3) is 1.36. The fourth-order valence-corrected chi connectivity index (χ4v) is 2.26. The molecule has 0 aromatic heterocycles. The maximum absolute atomic E-state index is 10.5. The molecule has 0 saturated carbocycles. The third-order valence-electron chi connectivity index (χ3n) is 3.35. The van der Waals surface area contributed by atoms with Gasteiger partial charge in [-0.2, -0.15) is 0 Å². The van der Waals surface area contributed by atoms with Crippen LogP contribution < -0.4 is 4.90 Å². The Bertz CT molecular complexity index is 417. The number of rotatable bonds is 2. The van der Waals surface area contributed by atoms with E-state index in [-0.39, 0.29) is 16.2 Å². The average Bonchev–Trinajstić information content (AvgIpc) is 2.14. The van der Waals surface area contributed by atoms with Crippen molar-refractivity contribution in [2.45, 2.75) is 12.0 Å². The van der Waals surface area contributed by atoms with Crippen LogP contribution in [-0.4, -0.2) is 30.2 Å². The lowest BCUT2D eigenvalue weighted by molar-refractivity contribution is -0.384. The fraction of sp³-hybridized carbons (Fsp3) is 0.455.